The highest BCUT2D eigenvalue weighted by Crippen LogP contribution is 2.24. The number of aryl methyl sites for hydroxylation is 3. The molecule has 0 bridgehead atoms. The third kappa shape index (κ3) is 2.76. The van der Waals surface area contributed by atoms with Gasteiger partial charge in [0.25, 0.3) is 0 Å². The summed E-state index contributed by atoms with van der Waals surface area (Å²) in [6, 6.07) is 2.40. The summed E-state index contributed by atoms with van der Waals surface area (Å²) in [4.78, 5) is 1.27. The molecule has 0 aromatic carbocycles. The molecule has 2 aromatic rings. The lowest BCUT2D eigenvalue weighted by molar-refractivity contribution is 0.538. The van der Waals surface area contributed by atoms with E-state index in [2.05, 4.69) is 33.0 Å². The fourth-order valence-electron chi connectivity index (χ4n) is 2.07. The van der Waals surface area contributed by atoms with Gasteiger partial charge < -0.3 is 5.32 Å². The maximum atomic E-state index is 4.19. The van der Waals surface area contributed by atoms with E-state index in [1.54, 1.807) is 0 Å². The van der Waals surface area contributed by atoms with Crippen LogP contribution in [0.1, 0.15) is 35.7 Å². The second-order valence-corrected chi connectivity index (χ2v) is 5.05. The molecule has 0 amide bonds. The van der Waals surface area contributed by atoms with Crippen molar-refractivity contribution in [1.82, 2.24) is 24.7 Å². The predicted octanol–water partition coefficient (Wildman–Crippen LogP) is 1.73. The molecule has 0 saturated carbocycles. The van der Waals surface area contributed by atoms with Crippen LogP contribution in [-0.4, -0.2) is 26.4 Å². The van der Waals surface area contributed by atoms with Gasteiger partial charge in [-0.05, 0) is 43.9 Å². The lowest BCUT2D eigenvalue weighted by Gasteiger charge is -2.14. The average molecular weight is 265 g/mol. The van der Waals surface area contributed by atoms with Gasteiger partial charge in [0.15, 0.2) is 0 Å². The molecule has 0 saturated heterocycles. The lowest BCUT2D eigenvalue weighted by Crippen LogP contribution is -2.18. The SMILES string of the molecule is CCc1nnsc1C(CCc1ccnn1C)NC. The Balaban J connectivity index is 2.04. The summed E-state index contributed by atoms with van der Waals surface area (Å²) >= 11 is 1.50. The smallest absolute Gasteiger partial charge is 0.0800 e. The van der Waals surface area contributed by atoms with Crippen LogP contribution >= 0.6 is 11.5 Å². The van der Waals surface area contributed by atoms with Crippen LogP contribution in [-0.2, 0) is 19.9 Å². The van der Waals surface area contributed by atoms with Crippen LogP contribution < -0.4 is 5.32 Å². The van der Waals surface area contributed by atoms with Crippen LogP contribution in [0.2, 0.25) is 0 Å². The van der Waals surface area contributed by atoms with Crippen molar-refractivity contribution in [2.45, 2.75) is 32.2 Å². The zero-order chi connectivity index (χ0) is 13.0. The van der Waals surface area contributed by atoms with Crippen molar-refractivity contribution in [2.75, 3.05) is 7.05 Å². The van der Waals surface area contributed by atoms with E-state index in [1.165, 1.54) is 22.1 Å². The summed E-state index contributed by atoms with van der Waals surface area (Å²) in [6.45, 7) is 2.12. The van der Waals surface area contributed by atoms with Crippen molar-refractivity contribution in [3.8, 4) is 0 Å². The first-order chi connectivity index (χ1) is 8.76. The monoisotopic (exact) mass is 265 g/mol. The highest BCUT2D eigenvalue weighted by molar-refractivity contribution is 7.05. The minimum Gasteiger partial charge on any atom is -0.312 e. The second kappa shape index (κ2) is 6.06. The molecular formula is C12H19N5S. The van der Waals surface area contributed by atoms with E-state index in [0.29, 0.717) is 6.04 Å². The molecule has 0 spiro atoms. The van der Waals surface area contributed by atoms with E-state index in [0.717, 1.165) is 25.0 Å². The Bertz CT molecular complexity index is 490. The van der Waals surface area contributed by atoms with E-state index >= 15 is 0 Å². The van der Waals surface area contributed by atoms with Crippen LogP contribution in [0.5, 0.6) is 0 Å². The van der Waals surface area contributed by atoms with Crippen LogP contribution in [0.15, 0.2) is 12.3 Å². The van der Waals surface area contributed by atoms with Gasteiger partial charge in [0.1, 0.15) is 0 Å². The zero-order valence-corrected chi connectivity index (χ0v) is 11.9. The van der Waals surface area contributed by atoms with Crippen molar-refractivity contribution in [3.05, 3.63) is 28.5 Å². The Labute approximate surface area is 111 Å². The van der Waals surface area contributed by atoms with Gasteiger partial charge in [-0.15, -0.1) is 5.10 Å². The van der Waals surface area contributed by atoms with Gasteiger partial charge in [0.05, 0.1) is 10.6 Å². The van der Waals surface area contributed by atoms with Crippen molar-refractivity contribution in [3.63, 3.8) is 0 Å². The molecule has 5 nitrogen and oxygen atoms in total. The summed E-state index contributed by atoms with van der Waals surface area (Å²) in [6.07, 6.45) is 4.82. The van der Waals surface area contributed by atoms with Crippen LogP contribution in [0.25, 0.3) is 0 Å². The minimum absolute atomic E-state index is 0.329. The molecule has 0 aliphatic heterocycles. The summed E-state index contributed by atoms with van der Waals surface area (Å²) < 4.78 is 5.99. The molecule has 18 heavy (non-hydrogen) atoms. The fraction of sp³-hybridized carbons (Fsp3) is 0.583. The standard InChI is InChI=1S/C12H19N5S/c1-4-10-12(18-16-15-10)11(13-2)6-5-9-7-8-14-17(9)3/h7-8,11,13H,4-6H2,1-3H3. The van der Waals surface area contributed by atoms with Crippen molar-refractivity contribution >= 4 is 11.5 Å². The summed E-state index contributed by atoms with van der Waals surface area (Å²) in [7, 11) is 3.97. The molecule has 0 fully saturated rings. The normalized spacial score (nSPS) is 12.8. The van der Waals surface area contributed by atoms with E-state index in [-0.39, 0.29) is 0 Å². The van der Waals surface area contributed by atoms with Crippen molar-refractivity contribution in [1.29, 1.82) is 0 Å². The Morgan fingerprint density at radius 1 is 1.50 bits per heavy atom. The van der Waals surface area contributed by atoms with Gasteiger partial charge in [0.2, 0.25) is 0 Å². The molecule has 2 aromatic heterocycles. The molecule has 98 valence electrons. The molecule has 1 unspecified atom stereocenters. The van der Waals surface area contributed by atoms with E-state index in [4.69, 9.17) is 0 Å². The molecule has 1 N–H and O–H groups in total. The topological polar surface area (TPSA) is 55.6 Å². The molecule has 2 rings (SSSR count). The molecular weight excluding hydrogens is 246 g/mol. The number of hydrogen-bond acceptors (Lipinski definition) is 5. The second-order valence-electron chi connectivity index (χ2n) is 4.26. The lowest BCUT2D eigenvalue weighted by atomic mass is 10.1. The highest BCUT2D eigenvalue weighted by atomic mass is 32.1. The fourth-order valence-corrected chi connectivity index (χ4v) is 2.95. The third-order valence-electron chi connectivity index (χ3n) is 3.20. The van der Waals surface area contributed by atoms with Crippen LogP contribution in [0.3, 0.4) is 0 Å². The van der Waals surface area contributed by atoms with E-state index in [1.807, 2.05) is 25.0 Å². The van der Waals surface area contributed by atoms with E-state index < -0.39 is 0 Å². The first-order valence-electron chi connectivity index (χ1n) is 6.21. The largest absolute Gasteiger partial charge is 0.312 e. The van der Waals surface area contributed by atoms with Gasteiger partial charge in [-0.25, -0.2) is 0 Å². The predicted molar refractivity (Wildman–Crippen MR) is 72.6 cm³/mol. The highest BCUT2D eigenvalue weighted by Gasteiger charge is 2.17. The number of nitrogens with zero attached hydrogens (tertiary/aromatic N) is 4. The van der Waals surface area contributed by atoms with Crippen molar-refractivity contribution in [2.24, 2.45) is 7.05 Å². The molecule has 1 atom stereocenters. The van der Waals surface area contributed by atoms with Gasteiger partial charge in [-0.2, -0.15) is 5.10 Å². The number of aromatic nitrogens is 4. The first-order valence-corrected chi connectivity index (χ1v) is 6.98. The third-order valence-corrected chi connectivity index (χ3v) is 4.08. The minimum atomic E-state index is 0.329. The van der Waals surface area contributed by atoms with Crippen LogP contribution in [0.4, 0.5) is 0 Å². The van der Waals surface area contributed by atoms with Gasteiger partial charge in [0, 0.05) is 25.0 Å². The number of nitrogens with one attached hydrogen (secondary N) is 1. The molecule has 6 heteroatoms. The summed E-state index contributed by atoms with van der Waals surface area (Å²) in [5.41, 5.74) is 2.37. The summed E-state index contributed by atoms with van der Waals surface area (Å²) in [5, 5.41) is 11.7. The maximum Gasteiger partial charge on any atom is 0.0800 e. The Morgan fingerprint density at radius 3 is 2.94 bits per heavy atom. The molecule has 0 aliphatic carbocycles. The van der Waals surface area contributed by atoms with Crippen LogP contribution in [0, 0.1) is 0 Å². The Morgan fingerprint density at radius 2 is 2.33 bits per heavy atom. The summed E-state index contributed by atoms with van der Waals surface area (Å²) in [5.74, 6) is 0. The van der Waals surface area contributed by atoms with Gasteiger partial charge in [-0.1, -0.05) is 11.4 Å². The number of rotatable bonds is 6. The quantitative estimate of drug-likeness (QED) is 0.864. The maximum absolute atomic E-state index is 4.19. The Kier molecular flexibility index (Phi) is 4.43. The van der Waals surface area contributed by atoms with Gasteiger partial charge >= 0.3 is 0 Å². The average Bonchev–Trinajstić information content (AvgIpc) is 2.99. The van der Waals surface area contributed by atoms with Crippen molar-refractivity contribution < 1.29 is 0 Å². The first kappa shape index (κ1) is 13.2. The van der Waals surface area contributed by atoms with Gasteiger partial charge in [-0.3, -0.25) is 4.68 Å². The molecule has 2 heterocycles. The molecule has 0 aliphatic rings. The molecule has 0 radical (unpaired) electrons. The Hall–Kier alpha value is -1.27. The zero-order valence-electron chi connectivity index (χ0n) is 11.1. The van der Waals surface area contributed by atoms with E-state index in [9.17, 15) is 0 Å². The number of hydrogen-bond donors (Lipinski definition) is 1.